The molecule has 0 aliphatic rings. The molecule has 0 aliphatic carbocycles. The lowest BCUT2D eigenvalue weighted by atomic mass is 9.96. The molecule has 0 amide bonds. The Morgan fingerprint density at radius 2 is 0.963 bits per heavy atom. The van der Waals surface area contributed by atoms with Gasteiger partial charge in [-0.05, 0) is 70.1 Å². The number of benzene rings is 7. The first-order chi connectivity index (χ1) is 26.7. The zero-order valence-corrected chi connectivity index (χ0v) is 29.0. The van der Waals surface area contributed by atoms with Crippen LogP contribution in [0.4, 0.5) is 0 Å². The fourth-order valence-corrected chi connectivity index (χ4v) is 7.80. The van der Waals surface area contributed by atoms with E-state index in [0.717, 1.165) is 99.9 Å². The molecule has 4 aromatic heterocycles. The van der Waals surface area contributed by atoms with Gasteiger partial charge < -0.3 is 4.42 Å². The molecule has 11 rings (SSSR count). The van der Waals surface area contributed by atoms with Crippen molar-refractivity contribution in [3.05, 3.63) is 182 Å². The molecule has 0 fully saturated rings. The summed E-state index contributed by atoms with van der Waals surface area (Å²) in [6.07, 6.45) is 0. The molecule has 54 heavy (non-hydrogen) atoms. The van der Waals surface area contributed by atoms with Gasteiger partial charge in [0.2, 0.25) is 5.71 Å². The Labute approximate surface area is 310 Å². The van der Waals surface area contributed by atoms with E-state index in [-0.39, 0.29) is 0 Å². The quantitative estimate of drug-likeness (QED) is 0.180. The maximum absolute atomic E-state index is 6.67. The van der Waals surface area contributed by atoms with Gasteiger partial charge >= 0.3 is 0 Å². The van der Waals surface area contributed by atoms with Gasteiger partial charge in [-0.3, -0.25) is 4.40 Å². The van der Waals surface area contributed by atoms with Gasteiger partial charge in [-0.2, -0.15) is 0 Å². The first-order valence-corrected chi connectivity index (χ1v) is 18.1. The molecular formula is C49H30N4O. The fourth-order valence-electron chi connectivity index (χ4n) is 7.80. The summed E-state index contributed by atoms with van der Waals surface area (Å²) in [4.78, 5) is 15.1. The van der Waals surface area contributed by atoms with Crippen LogP contribution < -0.4 is 0 Å². The Hall–Kier alpha value is -7.37. The predicted octanol–water partition coefficient (Wildman–Crippen LogP) is 12.7. The van der Waals surface area contributed by atoms with E-state index in [1.807, 2.05) is 42.5 Å². The van der Waals surface area contributed by atoms with Crippen molar-refractivity contribution in [3.8, 4) is 56.2 Å². The normalized spacial score (nSPS) is 11.7. The highest BCUT2D eigenvalue weighted by Crippen LogP contribution is 2.40. The first-order valence-electron chi connectivity index (χ1n) is 18.1. The molecule has 0 saturated heterocycles. The van der Waals surface area contributed by atoms with Gasteiger partial charge in [-0.15, -0.1) is 0 Å². The second-order valence-corrected chi connectivity index (χ2v) is 13.7. The average Bonchev–Trinajstić information content (AvgIpc) is 3.83. The smallest absolute Gasteiger partial charge is 0.215 e. The molecule has 5 heteroatoms. The Morgan fingerprint density at radius 1 is 0.389 bits per heavy atom. The highest BCUT2D eigenvalue weighted by Gasteiger charge is 2.20. The molecule has 0 radical (unpaired) electrons. The topological polar surface area (TPSA) is 56.2 Å². The van der Waals surface area contributed by atoms with E-state index in [4.69, 9.17) is 19.4 Å². The van der Waals surface area contributed by atoms with Gasteiger partial charge in [0, 0.05) is 27.5 Å². The Kier molecular flexibility index (Phi) is 6.79. The third-order valence-electron chi connectivity index (χ3n) is 10.4. The molecule has 0 saturated carbocycles. The minimum atomic E-state index is 0.705. The van der Waals surface area contributed by atoms with Crippen LogP contribution in [0.2, 0.25) is 0 Å². The van der Waals surface area contributed by atoms with E-state index >= 15 is 0 Å². The molecule has 4 heterocycles. The summed E-state index contributed by atoms with van der Waals surface area (Å²) in [5.74, 6) is 0.705. The van der Waals surface area contributed by atoms with Crippen LogP contribution in [-0.2, 0) is 0 Å². The van der Waals surface area contributed by atoms with Gasteiger partial charge in [0.1, 0.15) is 11.2 Å². The highest BCUT2D eigenvalue weighted by atomic mass is 16.3. The summed E-state index contributed by atoms with van der Waals surface area (Å²) in [6.45, 7) is 0. The summed E-state index contributed by atoms with van der Waals surface area (Å²) in [6, 6.07) is 63.2. The van der Waals surface area contributed by atoms with Crippen molar-refractivity contribution in [3.63, 3.8) is 0 Å². The molecule has 0 spiro atoms. The summed E-state index contributed by atoms with van der Waals surface area (Å²) in [5.41, 5.74) is 13.9. The van der Waals surface area contributed by atoms with Gasteiger partial charge in [0.25, 0.3) is 0 Å². The molecule has 0 unspecified atom stereocenters. The maximum atomic E-state index is 6.67. The molecule has 7 aromatic carbocycles. The second kappa shape index (κ2) is 12.1. The van der Waals surface area contributed by atoms with Crippen LogP contribution in [0.3, 0.4) is 0 Å². The van der Waals surface area contributed by atoms with Crippen molar-refractivity contribution in [2.75, 3.05) is 0 Å². The summed E-state index contributed by atoms with van der Waals surface area (Å²) < 4.78 is 8.84. The number of hydrogen-bond acceptors (Lipinski definition) is 4. The summed E-state index contributed by atoms with van der Waals surface area (Å²) >= 11 is 0. The molecule has 252 valence electrons. The predicted molar refractivity (Wildman–Crippen MR) is 220 cm³/mol. The van der Waals surface area contributed by atoms with Crippen LogP contribution in [0.25, 0.3) is 106 Å². The number of nitrogens with zero attached hydrogens (tertiary/aromatic N) is 4. The third kappa shape index (κ3) is 4.90. The molecular weight excluding hydrogens is 661 g/mol. The van der Waals surface area contributed by atoms with Gasteiger partial charge in [0.15, 0.2) is 5.82 Å². The summed E-state index contributed by atoms with van der Waals surface area (Å²) in [5, 5.41) is 4.41. The Bertz CT molecular complexity index is 3160. The fraction of sp³-hybridized carbons (Fsp3) is 0. The third-order valence-corrected chi connectivity index (χ3v) is 10.4. The van der Waals surface area contributed by atoms with Gasteiger partial charge in [-0.25, -0.2) is 15.0 Å². The van der Waals surface area contributed by atoms with E-state index in [0.29, 0.717) is 5.82 Å². The van der Waals surface area contributed by atoms with E-state index < -0.39 is 0 Å². The number of para-hydroxylation sites is 2. The van der Waals surface area contributed by atoms with Crippen molar-refractivity contribution in [2.24, 2.45) is 0 Å². The molecule has 11 aromatic rings. The van der Waals surface area contributed by atoms with Crippen LogP contribution in [0, 0.1) is 0 Å². The SMILES string of the molecule is c1ccc(-c2cc(-c3cccc(-c4cccc(-c5ccc6oc7c(c6c5)c5ccccc5c5nc6ccccc6n57)c4)c3)nc(-c3ccccc3)n2)cc1. The van der Waals surface area contributed by atoms with Crippen molar-refractivity contribution in [2.45, 2.75) is 0 Å². The zero-order valence-electron chi connectivity index (χ0n) is 29.0. The van der Waals surface area contributed by atoms with E-state index in [9.17, 15) is 0 Å². The Balaban J connectivity index is 1.03. The van der Waals surface area contributed by atoms with Crippen molar-refractivity contribution in [1.29, 1.82) is 0 Å². The molecule has 0 aliphatic heterocycles. The number of fused-ring (bicyclic) bond motifs is 10. The Morgan fingerprint density at radius 3 is 1.72 bits per heavy atom. The number of rotatable bonds is 5. The van der Waals surface area contributed by atoms with E-state index in [1.54, 1.807) is 0 Å². The van der Waals surface area contributed by atoms with E-state index in [2.05, 4.69) is 144 Å². The molecule has 0 atom stereocenters. The number of hydrogen-bond donors (Lipinski definition) is 0. The average molecular weight is 691 g/mol. The van der Waals surface area contributed by atoms with Gasteiger partial charge in [0.05, 0.1) is 27.8 Å². The monoisotopic (exact) mass is 690 g/mol. The largest absolute Gasteiger partial charge is 0.439 e. The van der Waals surface area contributed by atoms with Crippen molar-refractivity contribution < 1.29 is 4.42 Å². The zero-order chi connectivity index (χ0) is 35.6. The molecule has 0 bridgehead atoms. The molecule has 0 N–H and O–H groups in total. The van der Waals surface area contributed by atoms with Gasteiger partial charge in [-0.1, -0.05) is 140 Å². The molecule has 5 nitrogen and oxygen atoms in total. The first kappa shape index (κ1) is 30.3. The number of furan rings is 1. The standard InChI is InChI=1S/C49H30N4O/c1-3-13-31(14-4-1)42-30-43(51-47(50-42)32-15-5-2-6-16-32)37-20-12-19-35(28-37)33-17-11-18-34(27-33)36-25-26-45-40(29-36)46-38-21-7-8-22-39(38)48-52-41-23-9-10-24-44(41)53(48)49(46)54-45/h1-30H. The number of pyridine rings is 1. The summed E-state index contributed by atoms with van der Waals surface area (Å²) in [7, 11) is 0. The van der Waals surface area contributed by atoms with Crippen molar-refractivity contribution in [1.82, 2.24) is 19.4 Å². The lowest BCUT2D eigenvalue weighted by Gasteiger charge is -2.11. The van der Waals surface area contributed by atoms with Crippen LogP contribution in [0.1, 0.15) is 0 Å². The lowest BCUT2D eigenvalue weighted by molar-refractivity contribution is 0.650. The van der Waals surface area contributed by atoms with Crippen LogP contribution in [0.5, 0.6) is 0 Å². The van der Waals surface area contributed by atoms with Crippen LogP contribution in [-0.4, -0.2) is 19.4 Å². The van der Waals surface area contributed by atoms with Crippen molar-refractivity contribution >= 4 is 49.5 Å². The second-order valence-electron chi connectivity index (χ2n) is 13.7. The number of aromatic nitrogens is 4. The van der Waals surface area contributed by atoms with E-state index in [1.165, 1.54) is 0 Å². The minimum absolute atomic E-state index is 0.705. The minimum Gasteiger partial charge on any atom is -0.439 e. The highest BCUT2D eigenvalue weighted by molar-refractivity contribution is 6.22. The maximum Gasteiger partial charge on any atom is 0.215 e. The van der Waals surface area contributed by atoms with Crippen LogP contribution >= 0.6 is 0 Å². The van der Waals surface area contributed by atoms with Crippen LogP contribution in [0.15, 0.2) is 186 Å². The number of imidazole rings is 1. The lowest BCUT2D eigenvalue weighted by Crippen LogP contribution is -1.96.